The van der Waals surface area contributed by atoms with Gasteiger partial charge in [0, 0.05) is 13.1 Å². The SMILES string of the molecule is O=C(O)C1CCC1C(=O)N1CCCC(Cc2ccccc2)C1. The molecule has 1 heterocycles. The number of carboxylic acids is 1. The van der Waals surface area contributed by atoms with Gasteiger partial charge in [-0.25, -0.2) is 0 Å². The van der Waals surface area contributed by atoms with Crippen LogP contribution in [-0.4, -0.2) is 35.0 Å². The smallest absolute Gasteiger partial charge is 0.307 e. The normalized spacial score (nSPS) is 28.0. The molecule has 3 rings (SSSR count). The zero-order chi connectivity index (χ0) is 15.5. The van der Waals surface area contributed by atoms with E-state index in [0.29, 0.717) is 12.3 Å². The summed E-state index contributed by atoms with van der Waals surface area (Å²) in [5.74, 6) is -1.00. The molecule has 0 spiro atoms. The molecule has 1 amide bonds. The Morgan fingerprint density at radius 3 is 2.45 bits per heavy atom. The van der Waals surface area contributed by atoms with E-state index in [-0.39, 0.29) is 11.8 Å². The molecule has 1 aliphatic carbocycles. The van der Waals surface area contributed by atoms with Gasteiger partial charge < -0.3 is 10.0 Å². The summed E-state index contributed by atoms with van der Waals surface area (Å²) in [5, 5.41) is 9.13. The molecule has 2 fully saturated rings. The van der Waals surface area contributed by atoms with E-state index in [0.717, 1.165) is 38.8 Å². The number of nitrogens with zero attached hydrogens (tertiary/aromatic N) is 1. The predicted molar refractivity (Wildman–Crippen MR) is 83.3 cm³/mol. The fraction of sp³-hybridized carbons (Fsp3) is 0.556. The minimum atomic E-state index is -0.817. The van der Waals surface area contributed by atoms with Gasteiger partial charge in [0.1, 0.15) is 0 Å². The Morgan fingerprint density at radius 2 is 1.82 bits per heavy atom. The molecule has 118 valence electrons. The lowest BCUT2D eigenvalue weighted by Crippen LogP contribution is -2.49. The number of aliphatic carboxylic acids is 1. The average molecular weight is 301 g/mol. The number of carbonyl (C=O) groups is 2. The van der Waals surface area contributed by atoms with Gasteiger partial charge in [-0.2, -0.15) is 0 Å². The second-order valence-electron chi connectivity index (χ2n) is 6.61. The summed E-state index contributed by atoms with van der Waals surface area (Å²) in [6.45, 7) is 1.56. The Kier molecular flexibility index (Phi) is 4.46. The Labute approximate surface area is 131 Å². The number of amides is 1. The van der Waals surface area contributed by atoms with Crippen molar-refractivity contribution in [1.82, 2.24) is 4.90 Å². The summed E-state index contributed by atoms with van der Waals surface area (Å²) >= 11 is 0. The first-order valence-corrected chi connectivity index (χ1v) is 8.20. The van der Waals surface area contributed by atoms with Crippen LogP contribution in [0.3, 0.4) is 0 Å². The van der Waals surface area contributed by atoms with Gasteiger partial charge in [-0.05, 0) is 43.6 Å². The lowest BCUT2D eigenvalue weighted by atomic mass is 9.72. The van der Waals surface area contributed by atoms with Gasteiger partial charge in [0.15, 0.2) is 0 Å². The second kappa shape index (κ2) is 6.51. The largest absolute Gasteiger partial charge is 0.481 e. The van der Waals surface area contributed by atoms with E-state index < -0.39 is 11.9 Å². The number of benzene rings is 1. The van der Waals surface area contributed by atoms with E-state index in [1.54, 1.807) is 0 Å². The summed E-state index contributed by atoms with van der Waals surface area (Å²) in [7, 11) is 0. The minimum absolute atomic E-state index is 0.0661. The van der Waals surface area contributed by atoms with Crippen molar-refractivity contribution >= 4 is 11.9 Å². The Balaban J connectivity index is 1.58. The van der Waals surface area contributed by atoms with Gasteiger partial charge >= 0.3 is 5.97 Å². The number of hydrogen-bond acceptors (Lipinski definition) is 2. The van der Waals surface area contributed by atoms with Gasteiger partial charge in [-0.15, -0.1) is 0 Å². The van der Waals surface area contributed by atoms with Crippen molar-refractivity contribution in [3.63, 3.8) is 0 Å². The molecule has 0 radical (unpaired) electrons. The molecular weight excluding hydrogens is 278 g/mol. The van der Waals surface area contributed by atoms with Crippen LogP contribution in [0.2, 0.25) is 0 Å². The Morgan fingerprint density at radius 1 is 1.09 bits per heavy atom. The molecule has 4 nitrogen and oxygen atoms in total. The highest BCUT2D eigenvalue weighted by atomic mass is 16.4. The number of hydrogen-bond donors (Lipinski definition) is 1. The zero-order valence-corrected chi connectivity index (χ0v) is 12.8. The number of carboxylic acid groups (broad SMARTS) is 1. The van der Waals surface area contributed by atoms with E-state index >= 15 is 0 Å². The fourth-order valence-electron chi connectivity index (χ4n) is 3.70. The van der Waals surface area contributed by atoms with Crippen LogP contribution in [0.15, 0.2) is 30.3 Å². The quantitative estimate of drug-likeness (QED) is 0.930. The van der Waals surface area contributed by atoms with Crippen molar-refractivity contribution in [2.75, 3.05) is 13.1 Å². The molecule has 1 aliphatic heterocycles. The lowest BCUT2D eigenvalue weighted by Gasteiger charge is -2.40. The maximum Gasteiger partial charge on any atom is 0.307 e. The first-order chi connectivity index (χ1) is 10.6. The molecule has 0 aromatic heterocycles. The molecular formula is C18H23NO3. The molecule has 1 aromatic carbocycles. The highest BCUT2D eigenvalue weighted by Gasteiger charge is 2.43. The lowest BCUT2D eigenvalue weighted by molar-refractivity contribution is -0.157. The summed E-state index contributed by atoms with van der Waals surface area (Å²) < 4.78 is 0. The van der Waals surface area contributed by atoms with Crippen LogP contribution in [0.1, 0.15) is 31.2 Å². The van der Waals surface area contributed by atoms with Crippen LogP contribution in [0.4, 0.5) is 0 Å². The molecule has 22 heavy (non-hydrogen) atoms. The molecule has 2 aliphatic rings. The summed E-state index contributed by atoms with van der Waals surface area (Å²) in [6.07, 6.45) is 4.54. The number of rotatable bonds is 4. The third-order valence-corrected chi connectivity index (χ3v) is 5.11. The molecule has 3 atom stereocenters. The summed E-state index contributed by atoms with van der Waals surface area (Å²) in [4.78, 5) is 25.6. The third-order valence-electron chi connectivity index (χ3n) is 5.11. The predicted octanol–water partition coefficient (Wildman–Crippen LogP) is 2.58. The average Bonchev–Trinajstić information content (AvgIpc) is 2.47. The molecule has 1 aromatic rings. The van der Waals surface area contributed by atoms with Crippen LogP contribution >= 0.6 is 0 Å². The Hall–Kier alpha value is -1.84. The minimum Gasteiger partial charge on any atom is -0.481 e. The van der Waals surface area contributed by atoms with Crippen molar-refractivity contribution < 1.29 is 14.7 Å². The third kappa shape index (κ3) is 3.16. The van der Waals surface area contributed by atoms with Crippen LogP contribution in [-0.2, 0) is 16.0 Å². The van der Waals surface area contributed by atoms with Crippen molar-refractivity contribution in [1.29, 1.82) is 0 Å². The zero-order valence-electron chi connectivity index (χ0n) is 12.8. The highest BCUT2D eigenvalue weighted by molar-refractivity contribution is 5.86. The van der Waals surface area contributed by atoms with E-state index in [1.807, 2.05) is 23.1 Å². The molecule has 4 heteroatoms. The number of carbonyl (C=O) groups excluding carboxylic acids is 1. The number of piperidine rings is 1. The van der Waals surface area contributed by atoms with Crippen LogP contribution in [0.25, 0.3) is 0 Å². The van der Waals surface area contributed by atoms with Gasteiger partial charge in [0.05, 0.1) is 11.8 Å². The van der Waals surface area contributed by atoms with Crippen molar-refractivity contribution in [3.8, 4) is 0 Å². The molecule has 0 bridgehead atoms. The van der Waals surface area contributed by atoms with Crippen LogP contribution in [0, 0.1) is 17.8 Å². The van der Waals surface area contributed by atoms with E-state index in [2.05, 4.69) is 12.1 Å². The molecule has 1 saturated heterocycles. The molecule has 1 N–H and O–H groups in total. The van der Waals surface area contributed by atoms with Gasteiger partial charge in [-0.3, -0.25) is 9.59 Å². The van der Waals surface area contributed by atoms with E-state index in [1.165, 1.54) is 5.56 Å². The monoisotopic (exact) mass is 301 g/mol. The second-order valence-corrected chi connectivity index (χ2v) is 6.61. The standard InChI is InChI=1S/C18H23NO3/c20-17(15-8-9-16(15)18(21)22)19-10-4-7-14(12-19)11-13-5-2-1-3-6-13/h1-3,5-6,14-16H,4,7-12H2,(H,21,22). The first-order valence-electron chi connectivity index (χ1n) is 8.20. The van der Waals surface area contributed by atoms with Crippen molar-refractivity contribution in [3.05, 3.63) is 35.9 Å². The van der Waals surface area contributed by atoms with Crippen molar-refractivity contribution in [2.45, 2.75) is 32.1 Å². The van der Waals surface area contributed by atoms with E-state index in [9.17, 15) is 9.59 Å². The van der Waals surface area contributed by atoms with Crippen molar-refractivity contribution in [2.24, 2.45) is 17.8 Å². The maximum absolute atomic E-state index is 12.6. The summed E-state index contributed by atoms with van der Waals surface area (Å²) in [5.41, 5.74) is 1.31. The van der Waals surface area contributed by atoms with Gasteiger partial charge in [0.2, 0.25) is 5.91 Å². The highest BCUT2D eigenvalue weighted by Crippen LogP contribution is 2.36. The number of likely N-dealkylation sites (tertiary alicyclic amines) is 1. The van der Waals surface area contributed by atoms with Crippen LogP contribution < -0.4 is 0 Å². The maximum atomic E-state index is 12.6. The topological polar surface area (TPSA) is 57.6 Å². The molecule has 1 saturated carbocycles. The fourth-order valence-corrected chi connectivity index (χ4v) is 3.70. The van der Waals surface area contributed by atoms with Gasteiger partial charge in [-0.1, -0.05) is 30.3 Å². The Bertz CT molecular complexity index is 543. The summed E-state index contributed by atoms with van der Waals surface area (Å²) in [6, 6.07) is 10.4. The van der Waals surface area contributed by atoms with Gasteiger partial charge in [0.25, 0.3) is 0 Å². The first kappa shape index (κ1) is 15.1. The van der Waals surface area contributed by atoms with Crippen LogP contribution in [0.5, 0.6) is 0 Å². The molecule has 3 unspecified atom stereocenters. The van der Waals surface area contributed by atoms with E-state index in [4.69, 9.17) is 5.11 Å².